The summed E-state index contributed by atoms with van der Waals surface area (Å²) in [5, 5.41) is 7.93. The monoisotopic (exact) mass is 391 g/mol. The van der Waals surface area contributed by atoms with E-state index in [0.717, 1.165) is 0 Å². The number of amides is 2. The Morgan fingerprint density at radius 1 is 1.40 bits per heavy atom. The summed E-state index contributed by atoms with van der Waals surface area (Å²) < 4.78 is 9.60. The molecular weight excluding hydrogens is 370 g/mol. The second-order valence-electron chi connectivity index (χ2n) is 5.20. The van der Waals surface area contributed by atoms with Gasteiger partial charge in [0.1, 0.15) is 11.0 Å². The average Bonchev–Trinajstić information content (AvgIpc) is 3.18. The predicted molar refractivity (Wildman–Crippen MR) is 96.6 cm³/mol. The van der Waals surface area contributed by atoms with Crippen molar-refractivity contribution in [3.05, 3.63) is 17.0 Å². The summed E-state index contributed by atoms with van der Waals surface area (Å²) in [5.41, 5.74) is 0.365. The maximum Gasteiger partial charge on any atom is 0.340 e. The Bertz CT molecular complexity index is 610. The third kappa shape index (κ3) is 5.40. The topological polar surface area (TPSA) is 97.0 Å². The third-order valence-corrected chi connectivity index (χ3v) is 4.54. The molecule has 2 amide bonds. The van der Waals surface area contributed by atoms with E-state index in [0.29, 0.717) is 36.7 Å². The van der Waals surface area contributed by atoms with Gasteiger partial charge < -0.3 is 25.0 Å². The van der Waals surface area contributed by atoms with Crippen LogP contribution in [0.25, 0.3) is 0 Å². The van der Waals surface area contributed by atoms with Gasteiger partial charge in [-0.2, -0.15) is 0 Å². The number of esters is 1. The molecule has 1 atom stereocenters. The molecule has 0 bridgehead atoms. The standard InChI is InChI=1S/C15H21N3O5S.ClH/c1-22-7-5-16-9-12(19)17-11-3-6-18(13(11)20)14-10(4-8-24-14)15(21)23-2;/h4,8,11,16H,3,5-7,9H2,1-2H3,(H,17,19);1H. The van der Waals surface area contributed by atoms with Crippen LogP contribution in [0.4, 0.5) is 5.00 Å². The first kappa shape index (κ1) is 21.4. The molecule has 8 nitrogen and oxygen atoms in total. The van der Waals surface area contributed by atoms with Crippen LogP contribution in [0.15, 0.2) is 11.4 Å². The van der Waals surface area contributed by atoms with Crippen LogP contribution in [0.3, 0.4) is 0 Å². The van der Waals surface area contributed by atoms with Gasteiger partial charge in [-0.15, -0.1) is 23.7 Å². The maximum absolute atomic E-state index is 12.5. The number of nitrogens with zero attached hydrogens (tertiary/aromatic N) is 1. The van der Waals surface area contributed by atoms with Crippen LogP contribution in [0.2, 0.25) is 0 Å². The molecule has 1 aliphatic heterocycles. The third-order valence-electron chi connectivity index (χ3n) is 3.60. The van der Waals surface area contributed by atoms with Crippen molar-refractivity contribution in [3.8, 4) is 0 Å². The van der Waals surface area contributed by atoms with Crippen molar-refractivity contribution in [1.82, 2.24) is 10.6 Å². The van der Waals surface area contributed by atoms with Gasteiger partial charge in [0, 0.05) is 20.2 Å². The highest BCUT2D eigenvalue weighted by atomic mass is 35.5. The minimum Gasteiger partial charge on any atom is -0.465 e. The van der Waals surface area contributed by atoms with Crippen molar-refractivity contribution in [2.45, 2.75) is 12.5 Å². The maximum atomic E-state index is 12.5. The van der Waals surface area contributed by atoms with E-state index < -0.39 is 12.0 Å². The lowest BCUT2D eigenvalue weighted by Crippen LogP contribution is -2.45. The fourth-order valence-corrected chi connectivity index (χ4v) is 3.33. The van der Waals surface area contributed by atoms with Gasteiger partial charge in [0.25, 0.3) is 0 Å². The number of rotatable bonds is 8. The van der Waals surface area contributed by atoms with Crippen molar-refractivity contribution in [1.29, 1.82) is 0 Å². The van der Waals surface area contributed by atoms with Gasteiger partial charge in [-0.05, 0) is 17.9 Å². The molecule has 1 aromatic rings. The molecule has 0 spiro atoms. The van der Waals surface area contributed by atoms with Gasteiger partial charge in [-0.3, -0.25) is 9.59 Å². The van der Waals surface area contributed by atoms with Crippen LogP contribution in [0.5, 0.6) is 0 Å². The molecule has 1 aromatic heterocycles. The highest BCUT2D eigenvalue weighted by molar-refractivity contribution is 7.14. The van der Waals surface area contributed by atoms with E-state index in [1.54, 1.807) is 18.6 Å². The molecule has 140 valence electrons. The molecular formula is C15H22ClN3O5S. The molecule has 1 saturated heterocycles. The highest BCUT2D eigenvalue weighted by Crippen LogP contribution is 2.31. The first-order valence-corrected chi connectivity index (χ1v) is 8.42. The molecule has 2 N–H and O–H groups in total. The second-order valence-corrected chi connectivity index (χ2v) is 6.09. The minimum absolute atomic E-state index is 0. The van der Waals surface area contributed by atoms with Gasteiger partial charge in [0.05, 0.1) is 25.8 Å². The zero-order valence-electron chi connectivity index (χ0n) is 14.1. The fourth-order valence-electron chi connectivity index (χ4n) is 2.41. The number of nitrogens with one attached hydrogen (secondary N) is 2. The molecule has 1 fully saturated rings. The molecule has 0 aromatic carbocycles. The Labute approximate surface area is 156 Å². The Hall–Kier alpha value is -1.68. The molecule has 2 rings (SSSR count). The van der Waals surface area contributed by atoms with Gasteiger partial charge in [-0.25, -0.2) is 4.79 Å². The lowest BCUT2D eigenvalue weighted by molar-refractivity contribution is -0.125. The van der Waals surface area contributed by atoms with E-state index in [1.165, 1.54) is 23.3 Å². The normalized spacial score (nSPS) is 16.5. The first-order chi connectivity index (χ1) is 11.6. The molecule has 1 unspecified atom stereocenters. The number of methoxy groups -OCH3 is 2. The molecule has 2 heterocycles. The van der Waals surface area contributed by atoms with Crippen LogP contribution in [-0.2, 0) is 19.1 Å². The van der Waals surface area contributed by atoms with E-state index in [4.69, 9.17) is 9.47 Å². The zero-order chi connectivity index (χ0) is 17.5. The van der Waals surface area contributed by atoms with Crippen LogP contribution in [0, 0.1) is 0 Å². The van der Waals surface area contributed by atoms with E-state index >= 15 is 0 Å². The number of carbonyl (C=O) groups excluding carboxylic acids is 3. The number of thiophene rings is 1. The summed E-state index contributed by atoms with van der Waals surface area (Å²) in [7, 11) is 2.88. The summed E-state index contributed by atoms with van der Waals surface area (Å²) in [4.78, 5) is 37.6. The largest absolute Gasteiger partial charge is 0.465 e. The smallest absolute Gasteiger partial charge is 0.340 e. The first-order valence-electron chi connectivity index (χ1n) is 7.54. The lowest BCUT2D eigenvalue weighted by Gasteiger charge is -2.17. The minimum atomic E-state index is -0.575. The SMILES string of the molecule is COCCNCC(=O)NC1CCN(c2sccc2C(=O)OC)C1=O.Cl. The number of hydrogen-bond donors (Lipinski definition) is 2. The quantitative estimate of drug-likeness (QED) is 0.492. The van der Waals surface area contributed by atoms with E-state index in [2.05, 4.69) is 10.6 Å². The summed E-state index contributed by atoms with van der Waals surface area (Å²) in [6.45, 7) is 1.65. The Morgan fingerprint density at radius 3 is 2.84 bits per heavy atom. The van der Waals surface area contributed by atoms with E-state index in [9.17, 15) is 14.4 Å². The summed E-state index contributed by atoms with van der Waals surface area (Å²) in [6.07, 6.45) is 0.501. The Morgan fingerprint density at radius 2 is 2.16 bits per heavy atom. The van der Waals surface area contributed by atoms with Crippen LogP contribution < -0.4 is 15.5 Å². The number of ether oxygens (including phenoxy) is 2. The molecule has 25 heavy (non-hydrogen) atoms. The molecule has 0 saturated carbocycles. The second kappa shape index (κ2) is 10.3. The average molecular weight is 392 g/mol. The molecule has 0 radical (unpaired) electrons. The number of carbonyl (C=O) groups is 3. The molecule has 10 heteroatoms. The predicted octanol–water partition coefficient (Wildman–Crippen LogP) is 0.414. The van der Waals surface area contributed by atoms with Crippen molar-refractivity contribution in [2.75, 3.05) is 45.4 Å². The van der Waals surface area contributed by atoms with Crippen LogP contribution in [-0.4, -0.2) is 64.3 Å². The van der Waals surface area contributed by atoms with Gasteiger partial charge in [-0.1, -0.05) is 0 Å². The van der Waals surface area contributed by atoms with Gasteiger partial charge in [0.2, 0.25) is 11.8 Å². The highest BCUT2D eigenvalue weighted by Gasteiger charge is 2.36. The van der Waals surface area contributed by atoms with Gasteiger partial charge in [0.15, 0.2) is 0 Å². The number of anilines is 1. The van der Waals surface area contributed by atoms with Crippen LogP contribution in [0.1, 0.15) is 16.8 Å². The number of halogens is 1. The van der Waals surface area contributed by atoms with Gasteiger partial charge >= 0.3 is 5.97 Å². The van der Waals surface area contributed by atoms with Crippen molar-refractivity contribution in [3.63, 3.8) is 0 Å². The fraction of sp³-hybridized carbons (Fsp3) is 0.533. The van der Waals surface area contributed by atoms with Crippen LogP contribution >= 0.6 is 23.7 Å². The summed E-state index contributed by atoms with van der Waals surface area (Å²) >= 11 is 1.30. The van der Waals surface area contributed by atoms with Crippen molar-refractivity contribution in [2.24, 2.45) is 0 Å². The molecule has 1 aliphatic rings. The Balaban J connectivity index is 0.00000312. The zero-order valence-corrected chi connectivity index (χ0v) is 15.7. The van der Waals surface area contributed by atoms with Crippen molar-refractivity contribution >= 4 is 46.5 Å². The summed E-state index contributed by atoms with van der Waals surface area (Å²) in [5.74, 6) is -0.938. The van der Waals surface area contributed by atoms with Crippen molar-refractivity contribution < 1.29 is 23.9 Å². The van der Waals surface area contributed by atoms with E-state index in [1.807, 2.05) is 0 Å². The molecule has 0 aliphatic carbocycles. The lowest BCUT2D eigenvalue weighted by atomic mass is 10.2. The Kier molecular flexibility index (Phi) is 8.84. The van der Waals surface area contributed by atoms with E-state index in [-0.39, 0.29) is 30.8 Å². The summed E-state index contributed by atoms with van der Waals surface area (Å²) in [6, 6.07) is 1.06. The number of hydrogen-bond acceptors (Lipinski definition) is 7.